The Morgan fingerprint density at radius 3 is 2.68 bits per heavy atom. The van der Waals surface area contributed by atoms with Gasteiger partial charge in [-0.25, -0.2) is 0 Å². The first-order valence-corrected chi connectivity index (χ1v) is 7.42. The first-order valence-electron chi connectivity index (χ1n) is 7.42. The van der Waals surface area contributed by atoms with Crippen LogP contribution in [0.4, 0.5) is 0 Å². The van der Waals surface area contributed by atoms with E-state index >= 15 is 0 Å². The van der Waals surface area contributed by atoms with Crippen LogP contribution in [0, 0.1) is 6.92 Å². The summed E-state index contributed by atoms with van der Waals surface area (Å²) in [4.78, 5) is 6.61. The van der Waals surface area contributed by atoms with Crippen LogP contribution in [0.1, 0.15) is 16.9 Å². The number of pyridine rings is 1. The van der Waals surface area contributed by atoms with E-state index < -0.39 is 0 Å². The lowest BCUT2D eigenvalue weighted by Gasteiger charge is -2.15. The number of hydrogen-bond donors (Lipinski definition) is 0. The van der Waals surface area contributed by atoms with Crippen LogP contribution < -0.4 is 0 Å². The summed E-state index contributed by atoms with van der Waals surface area (Å²) in [6, 6.07) is 14.6. The molecule has 3 heteroatoms. The second kappa shape index (κ2) is 6.58. The predicted octanol–water partition coefficient (Wildman–Crippen LogP) is 4.28. The van der Waals surface area contributed by atoms with Gasteiger partial charge >= 0.3 is 0 Å². The SMILES string of the molecule is Cc1cccc(-c2cncc(CN(C)Cc3ccco3)c2)c1. The number of aromatic nitrogens is 1. The molecule has 0 fully saturated rings. The van der Waals surface area contributed by atoms with Crippen LogP contribution in [-0.2, 0) is 13.1 Å². The molecule has 0 bridgehead atoms. The Morgan fingerprint density at radius 1 is 1.00 bits per heavy atom. The number of aryl methyl sites for hydroxylation is 1. The zero-order valence-electron chi connectivity index (χ0n) is 13.0. The van der Waals surface area contributed by atoms with Crippen LogP contribution in [0.3, 0.4) is 0 Å². The quantitative estimate of drug-likeness (QED) is 0.703. The molecule has 2 heterocycles. The van der Waals surface area contributed by atoms with Crippen molar-refractivity contribution in [3.05, 3.63) is 78.0 Å². The Morgan fingerprint density at radius 2 is 1.91 bits per heavy atom. The van der Waals surface area contributed by atoms with Gasteiger partial charge in [0.1, 0.15) is 5.76 Å². The first kappa shape index (κ1) is 14.5. The van der Waals surface area contributed by atoms with E-state index in [-0.39, 0.29) is 0 Å². The molecule has 1 aromatic carbocycles. The molecule has 22 heavy (non-hydrogen) atoms. The zero-order valence-corrected chi connectivity index (χ0v) is 13.0. The van der Waals surface area contributed by atoms with Gasteiger partial charge in [-0.3, -0.25) is 9.88 Å². The van der Waals surface area contributed by atoms with Crippen LogP contribution in [-0.4, -0.2) is 16.9 Å². The van der Waals surface area contributed by atoms with Gasteiger partial charge in [0.2, 0.25) is 0 Å². The smallest absolute Gasteiger partial charge is 0.117 e. The van der Waals surface area contributed by atoms with Crippen LogP contribution in [0.15, 0.2) is 65.5 Å². The molecule has 0 saturated carbocycles. The van der Waals surface area contributed by atoms with Gasteiger partial charge in [0.15, 0.2) is 0 Å². The molecule has 0 saturated heterocycles. The van der Waals surface area contributed by atoms with E-state index in [0.717, 1.165) is 24.4 Å². The summed E-state index contributed by atoms with van der Waals surface area (Å²) < 4.78 is 5.39. The summed E-state index contributed by atoms with van der Waals surface area (Å²) in [5.74, 6) is 0.977. The molecule has 0 amide bonds. The maximum Gasteiger partial charge on any atom is 0.117 e. The number of nitrogens with zero attached hydrogens (tertiary/aromatic N) is 2. The van der Waals surface area contributed by atoms with E-state index in [1.54, 1.807) is 6.26 Å². The molecule has 3 aromatic rings. The van der Waals surface area contributed by atoms with Crippen LogP contribution >= 0.6 is 0 Å². The fourth-order valence-electron chi connectivity index (χ4n) is 2.59. The molecule has 0 atom stereocenters. The van der Waals surface area contributed by atoms with Gasteiger partial charge in [0, 0.05) is 24.5 Å². The molecule has 0 aliphatic heterocycles. The zero-order chi connectivity index (χ0) is 15.4. The lowest BCUT2D eigenvalue weighted by Crippen LogP contribution is -2.16. The predicted molar refractivity (Wildman–Crippen MR) is 88.3 cm³/mol. The Kier molecular flexibility index (Phi) is 4.35. The van der Waals surface area contributed by atoms with Crippen molar-refractivity contribution in [3.63, 3.8) is 0 Å². The van der Waals surface area contributed by atoms with E-state index in [0.29, 0.717) is 0 Å². The minimum atomic E-state index is 0.793. The molecule has 2 aromatic heterocycles. The average molecular weight is 292 g/mol. The summed E-state index contributed by atoms with van der Waals surface area (Å²) in [7, 11) is 2.09. The maximum absolute atomic E-state index is 5.39. The maximum atomic E-state index is 5.39. The highest BCUT2D eigenvalue weighted by Crippen LogP contribution is 2.21. The minimum Gasteiger partial charge on any atom is -0.468 e. The van der Waals surface area contributed by atoms with Gasteiger partial charge in [-0.15, -0.1) is 0 Å². The Hall–Kier alpha value is -2.39. The van der Waals surface area contributed by atoms with Gasteiger partial charge in [-0.05, 0) is 43.3 Å². The van der Waals surface area contributed by atoms with Crippen LogP contribution in [0.25, 0.3) is 11.1 Å². The van der Waals surface area contributed by atoms with Gasteiger partial charge in [0.05, 0.1) is 12.8 Å². The molecular formula is C19H20N2O. The fraction of sp³-hybridized carbons (Fsp3) is 0.211. The van der Waals surface area contributed by atoms with Gasteiger partial charge in [0.25, 0.3) is 0 Å². The van der Waals surface area contributed by atoms with Crippen molar-refractivity contribution >= 4 is 0 Å². The van der Waals surface area contributed by atoms with E-state index in [1.165, 1.54) is 16.7 Å². The Bertz CT molecular complexity index is 735. The first-order chi connectivity index (χ1) is 10.7. The van der Waals surface area contributed by atoms with Crippen molar-refractivity contribution in [1.29, 1.82) is 0 Å². The third-order valence-corrected chi connectivity index (χ3v) is 3.60. The van der Waals surface area contributed by atoms with Gasteiger partial charge in [-0.2, -0.15) is 0 Å². The number of furan rings is 1. The van der Waals surface area contributed by atoms with Crippen molar-refractivity contribution < 1.29 is 4.42 Å². The molecule has 0 radical (unpaired) electrons. The molecule has 0 spiro atoms. The van der Waals surface area contributed by atoms with Crippen molar-refractivity contribution in [2.45, 2.75) is 20.0 Å². The standard InChI is InChI=1S/C19H20N2O/c1-15-5-3-6-17(9-15)18-10-16(11-20-12-18)13-21(2)14-19-7-4-8-22-19/h3-12H,13-14H2,1-2H3. The molecule has 112 valence electrons. The summed E-state index contributed by atoms with van der Waals surface area (Å²) in [5, 5.41) is 0. The second-order valence-corrected chi connectivity index (χ2v) is 5.70. The minimum absolute atomic E-state index is 0.793. The van der Waals surface area contributed by atoms with Crippen molar-refractivity contribution in [2.24, 2.45) is 0 Å². The van der Waals surface area contributed by atoms with Crippen molar-refractivity contribution in [3.8, 4) is 11.1 Å². The lowest BCUT2D eigenvalue weighted by atomic mass is 10.0. The van der Waals surface area contributed by atoms with Crippen LogP contribution in [0.2, 0.25) is 0 Å². The molecule has 3 rings (SSSR count). The fourth-order valence-corrected chi connectivity index (χ4v) is 2.59. The van der Waals surface area contributed by atoms with E-state index in [4.69, 9.17) is 4.42 Å². The number of rotatable bonds is 5. The summed E-state index contributed by atoms with van der Waals surface area (Å²) >= 11 is 0. The molecular weight excluding hydrogens is 272 g/mol. The Balaban J connectivity index is 1.73. The van der Waals surface area contributed by atoms with Crippen LogP contribution in [0.5, 0.6) is 0 Å². The number of hydrogen-bond acceptors (Lipinski definition) is 3. The largest absolute Gasteiger partial charge is 0.468 e. The molecule has 0 aliphatic carbocycles. The monoisotopic (exact) mass is 292 g/mol. The molecule has 0 unspecified atom stereocenters. The highest BCUT2D eigenvalue weighted by molar-refractivity contribution is 5.63. The van der Waals surface area contributed by atoms with Crippen molar-refractivity contribution in [1.82, 2.24) is 9.88 Å². The van der Waals surface area contributed by atoms with E-state index in [1.807, 2.05) is 24.5 Å². The van der Waals surface area contributed by atoms with Gasteiger partial charge in [-0.1, -0.05) is 29.8 Å². The highest BCUT2D eigenvalue weighted by atomic mass is 16.3. The number of benzene rings is 1. The van der Waals surface area contributed by atoms with Crippen molar-refractivity contribution in [2.75, 3.05) is 7.05 Å². The Labute approximate surface area is 131 Å². The third-order valence-electron chi connectivity index (χ3n) is 3.60. The lowest BCUT2D eigenvalue weighted by molar-refractivity contribution is 0.287. The molecule has 0 aliphatic rings. The summed E-state index contributed by atoms with van der Waals surface area (Å²) in [5.41, 5.74) is 4.83. The highest BCUT2D eigenvalue weighted by Gasteiger charge is 2.06. The summed E-state index contributed by atoms with van der Waals surface area (Å²) in [6.07, 6.45) is 5.56. The topological polar surface area (TPSA) is 29.3 Å². The second-order valence-electron chi connectivity index (χ2n) is 5.70. The van der Waals surface area contributed by atoms with E-state index in [2.05, 4.69) is 54.2 Å². The molecule has 0 N–H and O–H groups in total. The summed E-state index contributed by atoms with van der Waals surface area (Å²) in [6.45, 7) is 3.74. The van der Waals surface area contributed by atoms with E-state index in [9.17, 15) is 0 Å². The third kappa shape index (κ3) is 3.62. The average Bonchev–Trinajstić information content (AvgIpc) is 3.00. The molecule has 3 nitrogen and oxygen atoms in total. The normalized spacial score (nSPS) is 11.0. The van der Waals surface area contributed by atoms with Gasteiger partial charge < -0.3 is 4.42 Å².